The van der Waals surface area contributed by atoms with E-state index in [2.05, 4.69) is 0 Å². The first-order chi connectivity index (χ1) is 5.24. The third-order valence-electron chi connectivity index (χ3n) is 1.60. The fourth-order valence-electron chi connectivity index (χ4n) is 0.844. The normalized spacial score (nSPS) is 17.2. The predicted octanol–water partition coefficient (Wildman–Crippen LogP) is 2.32. The molecule has 2 atom stereocenters. The average Bonchev–Trinajstić information content (AvgIpc) is 1.82. The highest BCUT2D eigenvalue weighted by atomic mass is 19.1. The quantitative estimate of drug-likeness (QED) is 0.617. The molecule has 0 fully saturated rings. The summed E-state index contributed by atoms with van der Waals surface area (Å²) in [5, 5.41) is 0. The molecular formula is C9H17FO2. The van der Waals surface area contributed by atoms with E-state index in [9.17, 15) is 9.18 Å². The Morgan fingerprint density at radius 3 is 2.00 bits per heavy atom. The van der Waals surface area contributed by atoms with E-state index in [0.29, 0.717) is 0 Å². The van der Waals surface area contributed by atoms with Crippen LogP contribution in [0.15, 0.2) is 0 Å². The maximum atomic E-state index is 12.2. The van der Waals surface area contributed by atoms with Gasteiger partial charge in [-0.1, -0.05) is 6.92 Å². The molecule has 0 amide bonds. The van der Waals surface area contributed by atoms with Crippen molar-refractivity contribution < 1.29 is 13.9 Å². The zero-order valence-electron chi connectivity index (χ0n) is 8.35. The Bertz CT molecular complexity index is 160. The van der Waals surface area contributed by atoms with E-state index >= 15 is 0 Å². The monoisotopic (exact) mass is 176 g/mol. The summed E-state index contributed by atoms with van der Waals surface area (Å²) in [5.74, 6) is -0.677. The molecule has 0 saturated carbocycles. The fraction of sp³-hybridized carbons (Fsp3) is 0.889. The number of ether oxygens (including phenoxy) is 1. The van der Waals surface area contributed by atoms with Gasteiger partial charge in [-0.25, -0.2) is 0 Å². The SMILES string of the molecule is CC(C(=O)F)[C@H](C)OC(C)(C)C. The molecule has 0 aromatic heterocycles. The molecule has 0 bridgehead atoms. The van der Waals surface area contributed by atoms with Gasteiger partial charge in [0.2, 0.25) is 0 Å². The highest BCUT2D eigenvalue weighted by Crippen LogP contribution is 2.17. The van der Waals surface area contributed by atoms with Crippen molar-refractivity contribution in [2.24, 2.45) is 5.92 Å². The summed E-state index contributed by atoms with van der Waals surface area (Å²) in [6, 6.07) is -1.31. The van der Waals surface area contributed by atoms with E-state index in [1.54, 1.807) is 6.92 Å². The first kappa shape index (κ1) is 11.6. The van der Waals surface area contributed by atoms with Crippen LogP contribution >= 0.6 is 0 Å². The molecule has 0 aromatic rings. The lowest BCUT2D eigenvalue weighted by molar-refractivity contribution is -0.142. The van der Waals surface area contributed by atoms with Crippen molar-refractivity contribution in [2.45, 2.75) is 46.3 Å². The van der Waals surface area contributed by atoms with E-state index in [1.807, 2.05) is 20.8 Å². The minimum absolute atomic E-state index is 0.330. The van der Waals surface area contributed by atoms with E-state index in [-0.39, 0.29) is 11.7 Å². The number of hydrogen-bond donors (Lipinski definition) is 0. The number of carbonyl (C=O) groups is 1. The van der Waals surface area contributed by atoms with Crippen LogP contribution < -0.4 is 0 Å². The number of carbonyl (C=O) groups excluding carboxylic acids is 1. The molecule has 0 aliphatic heterocycles. The zero-order chi connectivity index (χ0) is 9.94. The lowest BCUT2D eigenvalue weighted by Gasteiger charge is -2.26. The molecule has 1 unspecified atom stereocenters. The molecule has 0 rings (SSSR count). The molecule has 2 nitrogen and oxygen atoms in total. The second kappa shape index (κ2) is 3.99. The third-order valence-corrected chi connectivity index (χ3v) is 1.60. The topological polar surface area (TPSA) is 26.3 Å². The number of rotatable bonds is 3. The second-order valence-electron chi connectivity index (χ2n) is 4.03. The van der Waals surface area contributed by atoms with Gasteiger partial charge in [0.15, 0.2) is 0 Å². The maximum Gasteiger partial charge on any atom is 0.306 e. The van der Waals surface area contributed by atoms with Crippen LogP contribution in [0.2, 0.25) is 0 Å². The van der Waals surface area contributed by atoms with Crippen molar-refractivity contribution in [3.05, 3.63) is 0 Å². The van der Waals surface area contributed by atoms with Crippen LogP contribution in [0.3, 0.4) is 0 Å². The van der Waals surface area contributed by atoms with Gasteiger partial charge >= 0.3 is 6.04 Å². The maximum absolute atomic E-state index is 12.2. The molecular weight excluding hydrogens is 159 g/mol. The van der Waals surface area contributed by atoms with Gasteiger partial charge in [0.25, 0.3) is 0 Å². The minimum Gasteiger partial charge on any atom is -0.372 e. The van der Waals surface area contributed by atoms with Gasteiger partial charge in [-0.2, -0.15) is 4.39 Å². The molecule has 0 aromatic carbocycles. The summed E-state index contributed by atoms with van der Waals surface area (Å²) in [6.07, 6.45) is -0.373. The van der Waals surface area contributed by atoms with E-state index in [0.717, 1.165) is 0 Å². The van der Waals surface area contributed by atoms with Crippen molar-refractivity contribution in [3.63, 3.8) is 0 Å². The molecule has 0 aliphatic carbocycles. The van der Waals surface area contributed by atoms with Crippen LogP contribution in [0.4, 0.5) is 4.39 Å². The molecule has 72 valence electrons. The van der Waals surface area contributed by atoms with Crippen LogP contribution in [-0.4, -0.2) is 17.7 Å². The lowest BCUT2D eigenvalue weighted by Crippen LogP contribution is -2.32. The first-order valence-electron chi connectivity index (χ1n) is 4.11. The van der Waals surface area contributed by atoms with E-state index in [1.165, 1.54) is 6.92 Å². The Kier molecular flexibility index (Phi) is 3.84. The molecule has 0 N–H and O–H groups in total. The van der Waals surface area contributed by atoms with Crippen LogP contribution in [-0.2, 0) is 9.53 Å². The zero-order valence-corrected chi connectivity index (χ0v) is 8.35. The van der Waals surface area contributed by atoms with Crippen molar-refractivity contribution in [1.82, 2.24) is 0 Å². The Morgan fingerprint density at radius 2 is 1.75 bits per heavy atom. The Morgan fingerprint density at radius 1 is 1.33 bits per heavy atom. The van der Waals surface area contributed by atoms with Crippen molar-refractivity contribution in [1.29, 1.82) is 0 Å². The van der Waals surface area contributed by atoms with Gasteiger partial charge < -0.3 is 4.74 Å². The molecule has 0 radical (unpaired) electrons. The minimum atomic E-state index is -1.31. The molecule has 12 heavy (non-hydrogen) atoms. The molecule has 0 saturated heterocycles. The van der Waals surface area contributed by atoms with Gasteiger partial charge in [-0.3, -0.25) is 4.79 Å². The van der Waals surface area contributed by atoms with Crippen LogP contribution in [0.5, 0.6) is 0 Å². The molecule has 0 spiro atoms. The lowest BCUT2D eigenvalue weighted by atomic mass is 10.1. The molecule has 0 heterocycles. The standard InChI is InChI=1S/C9H17FO2/c1-6(8(10)11)7(2)12-9(3,4)5/h6-7H,1-5H3/t6?,7-/m0/s1. The van der Waals surface area contributed by atoms with Gasteiger partial charge in [-0.15, -0.1) is 0 Å². The van der Waals surface area contributed by atoms with Gasteiger partial charge in [0, 0.05) is 0 Å². The summed E-state index contributed by atoms with van der Waals surface area (Å²) in [7, 11) is 0. The smallest absolute Gasteiger partial charge is 0.306 e. The summed E-state index contributed by atoms with van der Waals surface area (Å²) in [5.41, 5.74) is -0.330. The highest BCUT2D eigenvalue weighted by Gasteiger charge is 2.24. The highest BCUT2D eigenvalue weighted by molar-refractivity contribution is 5.71. The number of hydrogen-bond acceptors (Lipinski definition) is 2. The molecule has 0 aliphatic rings. The van der Waals surface area contributed by atoms with E-state index in [4.69, 9.17) is 4.74 Å². The second-order valence-corrected chi connectivity index (χ2v) is 4.03. The Labute approximate surface area is 73.1 Å². The average molecular weight is 176 g/mol. The van der Waals surface area contributed by atoms with Crippen molar-refractivity contribution in [3.8, 4) is 0 Å². The van der Waals surface area contributed by atoms with E-state index < -0.39 is 12.0 Å². The van der Waals surface area contributed by atoms with Gasteiger partial charge in [0.05, 0.1) is 17.6 Å². The van der Waals surface area contributed by atoms with Crippen molar-refractivity contribution in [2.75, 3.05) is 0 Å². The summed E-state index contributed by atoms with van der Waals surface area (Å²) < 4.78 is 17.6. The summed E-state index contributed by atoms with van der Waals surface area (Å²) >= 11 is 0. The third kappa shape index (κ3) is 4.44. The van der Waals surface area contributed by atoms with Crippen LogP contribution in [0.25, 0.3) is 0 Å². The first-order valence-corrected chi connectivity index (χ1v) is 4.11. The number of halogens is 1. The fourth-order valence-corrected chi connectivity index (χ4v) is 0.844. The Hall–Kier alpha value is -0.440. The van der Waals surface area contributed by atoms with Crippen molar-refractivity contribution >= 4 is 6.04 Å². The van der Waals surface area contributed by atoms with Crippen LogP contribution in [0, 0.1) is 5.92 Å². The summed E-state index contributed by atoms with van der Waals surface area (Å²) in [6.45, 7) is 8.85. The Balaban J connectivity index is 4.04. The molecule has 3 heteroatoms. The largest absolute Gasteiger partial charge is 0.372 e. The van der Waals surface area contributed by atoms with Gasteiger partial charge in [-0.05, 0) is 27.7 Å². The van der Waals surface area contributed by atoms with Crippen LogP contribution in [0.1, 0.15) is 34.6 Å². The van der Waals surface area contributed by atoms with Gasteiger partial charge in [0.1, 0.15) is 0 Å². The predicted molar refractivity (Wildman–Crippen MR) is 45.6 cm³/mol. The summed E-state index contributed by atoms with van der Waals surface area (Å²) in [4.78, 5) is 10.3.